The number of nitrogens with two attached hydrogens (primary N) is 1. The Kier molecular flexibility index (Phi) is 4.36. The molecule has 1 aromatic carbocycles. The minimum atomic E-state index is -0.666. The second-order valence-electron chi connectivity index (χ2n) is 7.78. The van der Waals surface area contributed by atoms with E-state index in [-0.39, 0.29) is 29.6 Å². The normalized spacial score (nSPS) is 21.3. The summed E-state index contributed by atoms with van der Waals surface area (Å²) in [7, 11) is 0. The van der Waals surface area contributed by atoms with Crippen molar-refractivity contribution in [3.05, 3.63) is 44.8 Å². The Labute approximate surface area is 170 Å². The molecule has 0 bridgehead atoms. The molecule has 2 N–H and O–H groups in total. The van der Waals surface area contributed by atoms with Crippen molar-refractivity contribution in [1.82, 2.24) is 4.40 Å². The van der Waals surface area contributed by atoms with Crippen molar-refractivity contribution in [2.75, 3.05) is 18.1 Å². The molecule has 0 aliphatic carbocycles. The number of hydrogen-bond donors (Lipinski definition) is 1. The maximum absolute atomic E-state index is 15.4. The van der Waals surface area contributed by atoms with Crippen molar-refractivity contribution in [3.8, 4) is 0 Å². The number of carbonyl (C=O) groups excluding carboxylic acids is 1. The van der Waals surface area contributed by atoms with Crippen LogP contribution in [0.4, 0.5) is 10.1 Å². The number of carbonyl (C=O) groups is 1. The Balaban J connectivity index is 1.87. The van der Waals surface area contributed by atoms with Crippen LogP contribution in [0.25, 0.3) is 15.7 Å². The Morgan fingerprint density at radius 3 is 3.07 bits per heavy atom. The summed E-state index contributed by atoms with van der Waals surface area (Å²) in [6, 6.07) is 1.54. The summed E-state index contributed by atoms with van der Waals surface area (Å²) >= 11 is 1.31. The van der Waals surface area contributed by atoms with E-state index in [0.29, 0.717) is 29.0 Å². The van der Waals surface area contributed by atoms with Gasteiger partial charge in [0, 0.05) is 35.8 Å². The van der Waals surface area contributed by atoms with Gasteiger partial charge in [0.15, 0.2) is 0 Å². The van der Waals surface area contributed by atoms with E-state index in [0.717, 1.165) is 24.8 Å². The molecule has 2 aromatic heterocycles. The number of halogens is 1. The first-order valence-corrected chi connectivity index (χ1v) is 10.9. The van der Waals surface area contributed by atoms with Crippen LogP contribution in [-0.2, 0) is 11.2 Å². The van der Waals surface area contributed by atoms with E-state index in [2.05, 4.69) is 4.90 Å². The van der Waals surface area contributed by atoms with Crippen LogP contribution in [0.5, 0.6) is 0 Å². The Hall–Kier alpha value is -2.45. The average Bonchev–Trinajstić information content (AvgIpc) is 3.24. The molecule has 2 aliphatic heterocycles. The number of anilines is 1. The highest BCUT2D eigenvalue weighted by atomic mass is 32.1. The van der Waals surface area contributed by atoms with Crippen LogP contribution in [0.2, 0.25) is 0 Å². The lowest BCUT2D eigenvalue weighted by Gasteiger charge is -2.27. The number of pyridine rings is 1. The lowest BCUT2D eigenvalue weighted by molar-refractivity contribution is 0.0527. The number of fused-ring (bicyclic) bond motifs is 7. The Bertz CT molecular complexity index is 1200. The van der Waals surface area contributed by atoms with Crippen LogP contribution in [0.3, 0.4) is 0 Å². The van der Waals surface area contributed by atoms with E-state index in [1.54, 1.807) is 6.92 Å². The second kappa shape index (κ2) is 6.81. The Morgan fingerprint density at radius 2 is 2.28 bits per heavy atom. The maximum atomic E-state index is 15.4. The van der Waals surface area contributed by atoms with Gasteiger partial charge in [-0.1, -0.05) is 0 Å². The molecule has 0 unspecified atom stereocenters. The minimum Gasteiger partial charge on any atom is -0.462 e. The number of rotatable bonds is 2. The SMILES string of the molecule is CCOC(=O)c1c(=O)c2cc(F)c3c(c2n2ccsc12)CCC[C@@H]1C[C@H](N)CN31. The highest BCUT2D eigenvalue weighted by Crippen LogP contribution is 2.40. The third-order valence-electron chi connectivity index (χ3n) is 6.04. The van der Waals surface area contributed by atoms with Gasteiger partial charge in [-0.15, -0.1) is 11.3 Å². The molecule has 2 atom stereocenters. The third-order valence-corrected chi connectivity index (χ3v) is 6.92. The number of esters is 1. The molecule has 5 rings (SSSR count). The van der Waals surface area contributed by atoms with E-state index in [1.165, 1.54) is 17.4 Å². The predicted octanol–water partition coefficient (Wildman–Crippen LogP) is 3.07. The molecule has 0 amide bonds. The number of nitrogens with zero attached hydrogens (tertiary/aromatic N) is 2. The van der Waals surface area contributed by atoms with Gasteiger partial charge < -0.3 is 19.8 Å². The second-order valence-corrected chi connectivity index (χ2v) is 8.67. The van der Waals surface area contributed by atoms with E-state index >= 15 is 4.39 Å². The predicted molar refractivity (Wildman–Crippen MR) is 112 cm³/mol. The van der Waals surface area contributed by atoms with Crippen molar-refractivity contribution in [2.45, 2.75) is 44.7 Å². The zero-order valence-corrected chi connectivity index (χ0v) is 16.9. The number of hydrogen-bond acceptors (Lipinski definition) is 6. The van der Waals surface area contributed by atoms with Gasteiger partial charge in [0.05, 0.1) is 23.2 Å². The van der Waals surface area contributed by atoms with Gasteiger partial charge >= 0.3 is 5.97 Å². The molecule has 8 heteroatoms. The fourth-order valence-corrected chi connectivity index (χ4v) is 5.81. The van der Waals surface area contributed by atoms with Crippen molar-refractivity contribution in [2.24, 2.45) is 5.73 Å². The van der Waals surface area contributed by atoms with Crippen LogP contribution in [0.15, 0.2) is 22.4 Å². The first-order valence-electron chi connectivity index (χ1n) is 9.97. The molecule has 29 heavy (non-hydrogen) atoms. The van der Waals surface area contributed by atoms with E-state index < -0.39 is 17.2 Å². The summed E-state index contributed by atoms with van der Waals surface area (Å²) in [4.78, 5) is 28.4. The largest absolute Gasteiger partial charge is 0.462 e. The van der Waals surface area contributed by atoms with Crippen LogP contribution in [-0.4, -0.2) is 35.6 Å². The van der Waals surface area contributed by atoms with Gasteiger partial charge in [-0.05, 0) is 38.7 Å². The summed E-state index contributed by atoms with van der Waals surface area (Å²) in [5.41, 5.74) is 7.77. The van der Waals surface area contributed by atoms with Crippen molar-refractivity contribution < 1.29 is 13.9 Å². The molecular weight excluding hydrogens is 393 g/mol. The molecule has 0 radical (unpaired) electrons. The monoisotopic (exact) mass is 415 g/mol. The molecule has 1 saturated heterocycles. The average molecular weight is 415 g/mol. The number of thiazole rings is 1. The fraction of sp³-hybridized carbons (Fsp3) is 0.429. The van der Waals surface area contributed by atoms with Crippen LogP contribution in [0.1, 0.15) is 42.1 Å². The van der Waals surface area contributed by atoms with Gasteiger partial charge in [0.1, 0.15) is 16.2 Å². The molecule has 3 aromatic rings. The molecule has 0 saturated carbocycles. The van der Waals surface area contributed by atoms with Gasteiger partial charge in [-0.3, -0.25) is 4.79 Å². The Morgan fingerprint density at radius 1 is 1.45 bits per heavy atom. The quantitative estimate of drug-likeness (QED) is 0.651. The molecule has 2 aliphatic rings. The van der Waals surface area contributed by atoms with E-state index in [4.69, 9.17) is 10.5 Å². The number of ether oxygens (including phenoxy) is 1. The number of aromatic nitrogens is 1. The zero-order valence-electron chi connectivity index (χ0n) is 16.1. The minimum absolute atomic E-state index is 0.0242. The highest BCUT2D eigenvalue weighted by molar-refractivity contribution is 7.16. The third kappa shape index (κ3) is 2.69. The van der Waals surface area contributed by atoms with Crippen LogP contribution < -0.4 is 16.1 Å². The summed E-state index contributed by atoms with van der Waals surface area (Å²) in [5.74, 6) is -1.09. The summed E-state index contributed by atoms with van der Waals surface area (Å²) in [5, 5.41) is 2.06. The summed E-state index contributed by atoms with van der Waals surface area (Å²) in [6.07, 6.45) is 5.22. The van der Waals surface area contributed by atoms with Gasteiger partial charge in [-0.2, -0.15) is 0 Å². The smallest absolute Gasteiger partial charge is 0.345 e. The lowest BCUT2D eigenvalue weighted by atomic mass is 10.00. The number of benzene rings is 1. The highest BCUT2D eigenvalue weighted by Gasteiger charge is 2.36. The van der Waals surface area contributed by atoms with Crippen molar-refractivity contribution in [1.29, 1.82) is 0 Å². The van der Waals surface area contributed by atoms with Crippen molar-refractivity contribution >= 4 is 38.7 Å². The van der Waals surface area contributed by atoms with Crippen LogP contribution in [0, 0.1) is 5.82 Å². The first kappa shape index (κ1) is 18.6. The fourth-order valence-electron chi connectivity index (χ4n) is 4.94. The molecule has 1 fully saturated rings. The molecule has 152 valence electrons. The van der Waals surface area contributed by atoms with E-state index in [9.17, 15) is 9.59 Å². The summed E-state index contributed by atoms with van der Waals surface area (Å²) in [6.45, 7) is 2.48. The lowest BCUT2D eigenvalue weighted by Crippen LogP contribution is -2.31. The van der Waals surface area contributed by atoms with Crippen molar-refractivity contribution in [3.63, 3.8) is 0 Å². The number of aryl methyl sites for hydroxylation is 1. The zero-order chi connectivity index (χ0) is 20.3. The summed E-state index contributed by atoms with van der Waals surface area (Å²) < 4.78 is 22.3. The van der Waals surface area contributed by atoms with Gasteiger partial charge in [0.2, 0.25) is 5.43 Å². The topological polar surface area (TPSA) is 77.0 Å². The molecule has 0 spiro atoms. The van der Waals surface area contributed by atoms with Gasteiger partial charge in [-0.25, -0.2) is 9.18 Å². The van der Waals surface area contributed by atoms with Gasteiger partial charge in [0.25, 0.3) is 0 Å². The molecule has 4 heterocycles. The molecular formula is C21H22FN3O3S. The van der Waals surface area contributed by atoms with Crippen LogP contribution >= 0.6 is 11.3 Å². The molecule has 6 nitrogen and oxygen atoms in total. The standard InChI is InChI=1S/C21H22FN3O3S/c1-2-28-21(27)16-19(26)14-9-15(22)18-13(17(14)24-6-7-29-20(16)24)5-3-4-12-8-11(23)10-25(12)18/h6-7,9,11-12H,2-5,8,10,23H2,1H3/t11-,12+/m0/s1. The van der Waals surface area contributed by atoms with E-state index in [1.807, 2.05) is 16.0 Å². The maximum Gasteiger partial charge on any atom is 0.345 e. The first-order chi connectivity index (χ1) is 14.0.